The Bertz CT molecular complexity index is 476. The molecule has 0 aromatic heterocycles. The van der Waals surface area contributed by atoms with Crippen LogP contribution in [0.15, 0.2) is 24.3 Å². The molecule has 1 aliphatic rings. The van der Waals surface area contributed by atoms with Gasteiger partial charge in [0.25, 0.3) is 0 Å². The summed E-state index contributed by atoms with van der Waals surface area (Å²) in [6.45, 7) is 4.78. The lowest BCUT2D eigenvalue weighted by Crippen LogP contribution is -2.53. The number of aryl methyl sites for hydroxylation is 1. The molecule has 0 saturated carbocycles. The quantitative estimate of drug-likeness (QED) is 0.896. The summed E-state index contributed by atoms with van der Waals surface area (Å²) in [6.07, 6.45) is 3.46. The zero-order valence-corrected chi connectivity index (χ0v) is 12.2. The molecule has 0 aliphatic carbocycles. The van der Waals surface area contributed by atoms with Crippen LogP contribution in [0, 0.1) is 5.92 Å². The van der Waals surface area contributed by atoms with Gasteiger partial charge in [-0.15, -0.1) is 0 Å². The Morgan fingerprint density at radius 2 is 1.90 bits per heavy atom. The minimum Gasteiger partial charge on any atom is -0.341 e. The highest BCUT2D eigenvalue weighted by molar-refractivity contribution is 5.94. The number of carbonyl (C=O) groups excluding carboxylic acids is 2. The highest BCUT2D eigenvalue weighted by Crippen LogP contribution is 2.18. The summed E-state index contributed by atoms with van der Waals surface area (Å²) in [4.78, 5) is 24.7. The number of carbonyl (C=O) groups is 2. The van der Waals surface area contributed by atoms with Gasteiger partial charge < -0.3 is 10.2 Å². The van der Waals surface area contributed by atoms with Crippen LogP contribution in [-0.4, -0.2) is 29.8 Å². The molecule has 4 nitrogen and oxygen atoms in total. The van der Waals surface area contributed by atoms with E-state index in [0.29, 0.717) is 13.1 Å². The van der Waals surface area contributed by atoms with Crippen LogP contribution in [0.5, 0.6) is 0 Å². The Labute approximate surface area is 120 Å². The van der Waals surface area contributed by atoms with Crippen molar-refractivity contribution >= 4 is 17.5 Å². The van der Waals surface area contributed by atoms with E-state index in [2.05, 4.69) is 24.4 Å². The van der Waals surface area contributed by atoms with Crippen molar-refractivity contribution in [2.45, 2.75) is 33.1 Å². The Morgan fingerprint density at radius 3 is 2.45 bits per heavy atom. The summed E-state index contributed by atoms with van der Waals surface area (Å²) < 4.78 is 0. The molecule has 0 spiro atoms. The summed E-state index contributed by atoms with van der Waals surface area (Å²) in [5, 5.41) is 2.91. The normalized spacial score (nSPS) is 14.8. The maximum Gasteiger partial charge on any atom is 0.231 e. The number of nitrogens with one attached hydrogen (secondary N) is 1. The van der Waals surface area contributed by atoms with Crippen LogP contribution in [0.1, 0.15) is 32.3 Å². The third kappa shape index (κ3) is 3.59. The molecule has 1 saturated heterocycles. The number of likely N-dealkylation sites (tertiary alicyclic amines) is 1. The highest BCUT2D eigenvalue weighted by Gasteiger charge is 2.33. The molecule has 2 amide bonds. The van der Waals surface area contributed by atoms with E-state index in [0.717, 1.165) is 12.1 Å². The van der Waals surface area contributed by atoms with Crippen molar-refractivity contribution in [3.8, 4) is 0 Å². The molecule has 1 heterocycles. The van der Waals surface area contributed by atoms with E-state index >= 15 is 0 Å². The average Bonchev–Trinajstić information content (AvgIpc) is 2.35. The maximum atomic E-state index is 12.0. The molecule has 0 atom stereocenters. The number of nitrogens with zero attached hydrogens (tertiary/aromatic N) is 1. The molecule has 1 N–H and O–H groups in total. The van der Waals surface area contributed by atoms with Gasteiger partial charge in [0.1, 0.15) is 0 Å². The lowest BCUT2D eigenvalue weighted by Gasteiger charge is -2.37. The summed E-state index contributed by atoms with van der Waals surface area (Å²) in [6, 6.07) is 8.02. The molecule has 2 rings (SSSR count). The minimum absolute atomic E-state index is 0.00353. The van der Waals surface area contributed by atoms with Crippen molar-refractivity contribution in [2.75, 3.05) is 18.4 Å². The predicted octanol–water partition coefficient (Wildman–Crippen LogP) is 2.45. The van der Waals surface area contributed by atoms with Crippen LogP contribution in [-0.2, 0) is 16.0 Å². The number of hydrogen-bond acceptors (Lipinski definition) is 2. The number of unbranched alkanes of at least 4 members (excludes halogenated alkanes) is 1. The fourth-order valence-corrected chi connectivity index (χ4v) is 2.28. The number of amides is 2. The van der Waals surface area contributed by atoms with Gasteiger partial charge in [-0.2, -0.15) is 0 Å². The molecule has 0 radical (unpaired) electrons. The number of anilines is 1. The Morgan fingerprint density at radius 1 is 1.25 bits per heavy atom. The summed E-state index contributed by atoms with van der Waals surface area (Å²) >= 11 is 0. The van der Waals surface area contributed by atoms with Gasteiger partial charge in [-0.25, -0.2) is 0 Å². The zero-order chi connectivity index (χ0) is 14.5. The average molecular weight is 274 g/mol. The van der Waals surface area contributed by atoms with Crippen molar-refractivity contribution in [1.29, 1.82) is 0 Å². The fraction of sp³-hybridized carbons (Fsp3) is 0.500. The fourth-order valence-electron chi connectivity index (χ4n) is 2.28. The van der Waals surface area contributed by atoms with E-state index in [1.807, 2.05) is 12.1 Å². The van der Waals surface area contributed by atoms with Gasteiger partial charge in [-0.1, -0.05) is 25.5 Å². The van der Waals surface area contributed by atoms with Crippen LogP contribution >= 0.6 is 0 Å². The summed E-state index contributed by atoms with van der Waals surface area (Å²) in [5.41, 5.74) is 2.13. The van der Waals surface area contributed by atoms with E-state index in [9.17, 15) is 9.59 Å². The first-order valence-electron chi connectivity index (χ1n) is 7.25. The minimum atomic E-state index is -0.0707. The van der Waals surface area contributed by atoms with E-state index in [4.69, 9.17) is 0 Å². The second kappa shape index (κ2) is 6.55. The van der Waals surface area contributed by atoms with E-state index in [1.165, 1.54) is 25.3 Å². The smallest absolute Gasteiger partial charge is 0.231 e. The molecule has 0 unspecified atom stereocenters. The van der Waals surface area contributed by atoms with Crippen LogP contribution in [0.4, 0.5) is 5.69 Å². The van der Waals surface area contributed by atoms with E-state index in [-0.39, 0.29) is 17.7 Å². The zero-order valence-electron chi connectivity index (χ0n) is 12.2. The van der Waals surface area contributed by atoms with Crippen molar-refractivity contribution in [1.82, 2.24) is 4.90 Å². The first-order valence-corrected chi connectivity index (χ1v) is 7.25. The molecule has 1 aromatic carbocycles. The van der Waals surface area contributed by atoms with Crippen molar-refractivity contribution in [3.63, 3.8) is 0 Å². The van der Waals surface area contributed by atoms with Gasteiger partial charge in [0.2, 0.25) is 11.8 Å². The summed E-state index contributed by atoms with van der Waals surface area (Å²) in [7, 11) is 0. The van der Waals surface area contributed by atoms with Crippen molar-refractivity contribution < 1.29 is 9.59 Å². The molecule has 20 heavy (non-hydrogen) atoms. The van der Waals surface area contributed by atoms with Crippen molar-refractivity contribution in [2.24, 2.45) is 5.92 Å². The number of hydrogen-bond donors (Lipinski definition) is 1. The van der Waals surface area contributed by atoms with Gasteiger partial charge >= 0.3 is 0 Å². The first-order chi connectivity index (χ1) is 9.60. The Hall–Kier alpha value is -1.84. The Kier molecular flexibility index (Phi) is 4.77. The van der Waals surface area contributed by atoms with Crippen molar-refractivity contribution in [3.05, 3.63) is 29.8 Å². The molecular weight excluding hydrogens is 252 g/mol. The topological polar surface area (TPSA) is 49.4 Å². The number of benzene rings is 1. The van der Waals surface area contributed by atoms with Crippen LogP contribution < -0.4 is 5.32 Å². The van der Waals surface area contributed by atoms with Gasteiger partial charge in [-0.05, 0) is 30.5 Å². The molecular formula is C16H22N2O2. The van der Waals surface area contributed by atoms with Crippen LogP contribution in [0.2, 0.25) is 0 Å². The van der Waals surface area contributed by atoms with E-state index < -0.39 is 0 Å². The first kappa shape index (κ1) is 14.6. The van der Waals surface area contributed by atoms with Gasteiger partial charge in [0, 0.05) is 25.7 Å². The molecule has 108 valence electrons. The second-order valence-corrected chi connectivity index (χ2v) is 5.41. The van der Waals surface area contributed by atoms with Gasteiger partial charge in [0.05, 0.1) is 5.92 Å². The highest BCUT2D eigenvalue weighted by atomic mass is 16.2. The molecule has 1 fully saturated rings. The molecule has 4 heteroatoms. The van der Waals surface area contributed by atoms with Gasteiger partial charge in [-0.3, -0.25) is 9.59 Å². The largest absolute Gasteiger partial charge is 0.341 e. The maximum absolute atomic E-state index is 12.0. The lowest BCUT2D eigenvalue weighted by molar-refractivity contribution is -0.139. The second-order valence-electron chi connectivity index (χ2n) is 5.41. The predicted molar refractivity (Wildman–Crippen MR) is 79.4 cm³/mol. The lowest BCUT2D eigenvalue weighted by atomic mass is 9.99. The summed E-state index contributed by atoms with van der Waals surface area (Å²) in [5.74, 6) is -0.0307. The molecule has 0 bridgehead atoms. The number of rotatable bonds is 5. The third-order valence-electron chi connectivity index (χ3n) is 3.74. The third-order valence-corrected chi connectivity index (χ3v) is 3.74. The van der Waals surface area contributed by atoms with Crippen LogP contribution in [0.25, 0.3) is 0 Å². The Balaban J connectivity index is 1.81. The van der Waals surface area contributed by atoms with Gasteiger partial charge in [0.15, 0.2) is 0 Å². The monoisotopic (exact) mass is 274 g/mol. The molecule has 1 aromatic rings. The van der Waals surface area contributed by atoms with Crippen LogP contribution in [0.3, 0.4) is 0 Å². The molecule has 1 aliphatic heterocycles. The van der Waals surface area contributed by atoms with E-state index in [1.54, 1.807) is 4.90 Å². The standard InChI is InChI=1S/C16H22N2O2/c1-3-4-5-13-6-8-15(9-7-13)17-16(20)14-10-18(11-14)12(2)19/h6-9,14H,3-5,10-11H2,1-2H3,(H,17,20). The SMILES string of the molecule is CCCCc1ccc(NC(=O)C2CN(C(C)=O)C2)cc1.